The molecule has 8 nitrogen and oxygen atoms in total. The van der Waals surface area contributed by atoms with Gasteiger partial charge in [-0.3, -0.25) is 14.9 Å². The van der Waals surface area contributed by atoms with E-state index in [1.165, 1.54) is 30.7 Å². The Kier molecular flexibility index (Phi) is 12.4. The van der Waals surface area contributed by atoms with Crippen LogP contribution < -0.4 is 4.74 Å². The second-order valence-electron chi connectivity index (χ2n) is 8.93. The number of esters is 1. The molecular formula is C24H37NO7. The summed E-state index contributed by atoms with van der Waals surface area (Å²) in [6.07, 6.45) is 3.86. The fourth-order valence-electron chi connectivity index (χ4n) is 3.24. The first-order valence-electron chi connectivity index (χ1n) is 11.4. The average molecular weight is 452 g/mol. The summed E-state index contributed by atoms with van der Waals surface area (Å²) in [7, 11) is 0. The molecule has 0 aliphatic rings. The van der Waals surface area contributed by atoms with Gasteiger partial charge in [0.1, 0.15) is 11.9 Å². The molecule has 0 radical (unpaired) electrons. The summed E-state index contributed by atoms with van der Waals surface area (Å²) in [5, 5.41) is 10.7. The first-order chi connectivity index (χ1) is 15.1. The van der Waals surface area contributed by atoms with E-state index in [9.17, 15) is 19.7 Å². The molecule has 1 aromatic carbocycles. The third kappa shape index (κ3) is 12.3. The molecular weight excluding hydrogens is 414 g/mol. The molecule has 0 saturated carbocycles. The maximum Gasteiger partial charge on any atom is 0.514 e. The molecule has 0 spiro atoms. The van der Waals surface area contributed by atoms with Gasteiger partial charge in [0, 0.05) is 18.6 Å². The topological polar surface area (TPSA) is 105 Å². The number of carbonyl (C=O) groups excluding carboxylic acids is 2. The maximum absolute atomic E-state index is 12.3. The van der Waals surface area contributed by atoms with E-state index in [1.807, 2.05) is 0 Å². The van der Waals surface area contributed by atoms with E-state index in [0.29, 0.717) is 24.7 Å². The van der Waals surface area contributed by atoms with Gasteiger partial charge in [-0.25, -0.2) is 4.79 Å². The lowest BCUT2D eigenvalue weighted by molar-refractivity contribution is -0.384. The Balaban J connectivity index is 2.62. The van der Waals surface area contributed by atoms with Gasteiger partial charge in [0.15, 0.2) is 0 Å². The Morgan fingerprint density at radius 1 is 0.906 bits per heavy atom. The van der Waals surface area contributed by atoms with Crippen LogP contribution in [0.5, 0.6) is 5.75 Å². The van der Waals surface area contributed by atoms with Crippen LogP contribution in [0.2, 0.25) is 0 Å². The normalized spacial score (nSPS) is 13.0. The molecule has 2 atom stereocenters. The number of benzene rings is 1. The monoisotopic (exact) mass is 451 g/mol. The standard InChI is InChI=1S/C24H37NO7/c1-17(2)7-6-8-19(5)9-12-21(15-16-23(26)30-18(3)4)31-24(27)32-22-13-10-20(11-14-22)25(28)29/h10-11,13-14,17-19,21H,6-9,12,15-16H2,1-5H3. The van der Waals surface area contributed by atoms with Gasteiger partial charge >= 0.3 is 12.1 Å². The van der Waals surface area contributed by atoms with Crippen molar-refractivity contribution in [3.05, 3.63) is 34.4 Å². The number of nitro groups is 1. The van der Waals surface area contributed by atoms with Gasteiger partial charge < -0.3 is 14.2 Å². The largest absolute Gasteiger partial charge is 0.514 e. The highest BCUT2D eigenvalue weighted by atomic mass is 16.7. The maximum atomic E-state index is 12.3. The van der Waals surface area contributed by atoms with Crippen molar-refractivity contribution in [2.45, 2.75) is 91.8 Å². The fraction of sp³-hybridized carbons (Fsp3) is 0.667. The molecule has 0 aromatic heterocycles. The van der Waals surface area contributed by atoms with Gasteiger partial charge in [-0.15, -0.1) is 0 Å². The second-order valence-corrected chi connectivity index (χ2v) is 8.93. The summed E-state index contributed by atoms with van der Waals surface area (Å²) < 4.78 is 15.8. The molecule has 1 aromatic rings. The van der Waals surface area contributed by atoms with E-state index in [1.54, 1.807) is 13.8 Å². The van der Waals surface area contributed by atoms with Crippen LogP contribution in [0.1, 0.15) is 79.6 Å². The van der Waals surface area contributed by atoms with Gasteiger partial charge in [-0.2, -0.15) is 0 Å². The van der Waals surface area contributed by atoms with E-state index in [-0.39, 0.29) is 29.9 Å². The first-order valence-corrected chi connectivity index (χ1v) is 11.4. The van der Waals surface area contributed by atoms with Crippen molar-refractivity contribution in [2.75, 3.05) is 0 Å². The lowest BCUT2D eigenvalue weighted by atomic mass is 9.94. The number of rotatable bonds is 14. The average Bonchev–Trinajstić information content (AvgIpc) is 2.69. The van der Waals surface area contributed by atoms with E-state index in [0.717, 1.165) is 19.3 Å². The zero-order valence-corrected chi connectivity index (χ0v) is 19.9. The number of nitro benzene ring substituents is 1. The van der Waals surface area contributed by atoms with Crippen molar-refractivity contribution in [3.63, 3.8) is 0 Å². The predicted molar refractivity (Wildman–Crippen MR) is 122 cm³/mol. The van der Waals surface area contributed by atoms with Crippen LogP contribution in [-0.2, 0) is 14.3 Å². The van der Waals surface area contributed by atoms with E-state index in [4.69, 9.17) is 14.2 Å². The van der Waals surface area contributed by atoms with Crippen molar-refractivity contribution >= 4 is 17.8 Å². The number of hydrogen-bond acceptors (Lipinski definition) is 7. The number of non-ortho nitro benzene ring substituents is 1. The van der Waals surface area contributed by atoms with Crippen molar-refractivity contribution in [3.8, 4) is 5.75 Å². The molecule has 0 bridgehead atoms. The molecule has 0 saturated heterocycles. The summed E-state index contributed by atoms with van der Waals surface area (Å²) in [5.74, 6) is 0.982. The van der Waals surface area contributed by atoms with Crippen LogP contribution in [0, 0.1) is 22.0 Å². The number of hydrogen-bond donors (Lipinski definition) is 0. The highest BCUT2D eigenvalue weighted by molar-refractivity contribution is 5.69. The van der Waals surface area contributed by atoms with Crippen LogP contribution in [-0.4, -0.2) is 29.3 Å². The molecule has 0 aliphatic carbocycles. The lowest BCUT2D eigenvalue weighted by Crippen LogP contribution is -2.23. The van der Waals surface area contributed by atoms with Gasteiger partial charge in [0.05, 0.1) is 11.0 Å². The second kappa shape index (κ2) is 14.4. The molecule has 0 aliphatic heterocycles. The SMILES string of the molecule is CC(C)CCCC(C)CCC(CCC(=O)OC(C)C)OC(=O)Oc1ccc([N+](=O)[O-])cc1. The molecule has 8 heteroatoms. The number of carbonyl (C=O) groups is 2. The molecule has 0 fully saturated rings. The summed E-state index contributed by atoms with van der Waals surface area (Å²) in [6, 6.07) is 5.18. The molecule has 0 N–H and O–H groups in total. The number of nitrogens with zero attached hydrogens (tertiary/aromatic N) is 1. The van der Waals surface area contributed by atoms with E-state index in [2.05, 4.69) is 20.8 Å². The highest BCUT2D eigenvalue weighted by Gasteiger charge is 2.20. The minimum atomic E-state index is -0.895. The Morgan fingerprint density at radius 3 is 2.12 bits per heavy atom. The number of ether oxygens (including phenoxy) is 3. The molecule has 32 heavy (non-hydrogen) atoms. The van der Waals surface area contributed by atoms with Crippen LogP contribution in [0.25, 0.3) is 0 Å². The van der Waals surface area contributed by atoms with Crippen LogP contribution in [0.4, 0.5) is 10.5 Å². The predicted octanol–water partition coefficient (Wildman–Crippen LogP) is 6.45. The molecule has 1 rings (SSSR count). The minimum absolute atomic E-state index is 0.0984. The summed E-state index contributed by atoms with van der Waals surface area (Å²) >= 11 is 0. The van der Waals surface area contributed by atoms with Gasteiger partial charge in [0.25, 0.3) is 5.69 Å². The van der Waals surface area contributed by atoms with Crippen molar-refractivity contribution in [1.82, 2.24) is 0 Å². The van der Waals surface area contributed by atoms with Crippen molar-refractivity contribution < 1.29 is 28.7 Å². The molecule has 0 heterocycles. The first kappa shape index (κ1) is 27.4. The Bertz CT molecular complexity index is 716. The molecule has 2 unspecified atom stereocenters. The molecule has 0 amide bonds. The van der Waals surface area contributed by atoms with Gasteiger partial charge in [0.2, 0.25) is 0 Å². The minimum Gasteiger partial charge on any atom is -0.463 e. The van der Waals surface area contributed by atoms with Crippen LogP contribution >= 0.6 is 0 Å². The Hall–Kier alpha value is -2.64. The third-order valence-corrected chi connectivity index (χ3v) is 5.01. The fourth-order valence-corrected chi connectivity index (χ4v) is 3.24. The molecule has 180 valence electrons. The Morgan fingerprint density at radius 2 is 1.56 bits per heavy atom. The van der Waals surface area contributed by atoms with Gasteiger partial charge in [-0.05, 0) is 57.1 Å². The zero-order chi connectivity index (χ0) is 24.1. The quantitative estimate of drug-likeness (QED) is 0.138. The summed E-state index contributed by atoms with van der Waals surface area (Å²) in [6.45, 7) is 10.2. The third-order valence-electron chi connectivity index (χ3n) is 5.01. The zero-order valence-electron chi connectivity index (χ0n) is 19.9. The van der Waals surface area contributed by atoms with E-state index < -0.39 is 17.2 Å². The summed E-state index contributed by atoms with van der Waals surface area (Å²) in [4.78, 5) is 34.4. The van der Waals surface area contributed by atoms with Crippen molar-refractivity contribution in [2.24, 2.45) is 11.8 Å². The Labute approximate surface area is 190 Å². The smallest absolute Gasteiger partial charge is 0.463 e. The van der Waals surface area contributed by atoms with E-state index >= 15 is 0 Å². The van der Waals surface area contributed by atoms with Crippen LogP contribution in [0.3, 0.4) is 0 Å². The van der Waals surface area contributed by atoms with Crippen molar-refractivity contribution in [1.29, 1.82) is 0 Å². The highest BCUT2D eigenvalue weighted by Crippen LogP contribution is 2.22. The van der Waals surface area contributed by atoms with Gasteiger partial charge in [-0.1, -0.05) is 40.0 Å². The van der Waals surface area contributed by atoms with Crippen LogP contribution in [0.15, 0.2) is 24.3 Å². The summed E-state index contributed by atoms with van der Waals surface area (Å²) in [5.41, 5.74) is -0.0984. The lowest BCUT2D eigenvalue weighted by Gasteiger charge is -2.20.